The highest BCUT2D eigenvalue weighted by molar-refractivity contribution is 7.08. The summed E-state index contributed by atoms with van der Waals surface area (Å²) in [4.78, 5) is 0. The van der Waals surface area contributed by atoms with E-state index in [-0.39, 0.29) is 0 Å². The third-order valence-corrected chi connectivity index (χ3v) is 5.44. The molecular formula is C22H23NOS. The van der Waals surface area contributed by atoms with Crippen LogP contribution >= 0.6 is 11.3 Å². The van der Waals surface area contributed by atoms with Gasteiger partial charge >= 0.3 is 0 Å². The molecule has 2 aromatic carbocycles. The zero-order chi connectivity index (χ0) is 16.9. The number of rotatable bonds is 6. The average molecular weight is 349 g/mol. The molecule has 3 heteroatoms. The maximum atomic E-state index is 5.89. The molecule has 1 aliphatic heterocycles. The van der Waals surface area contributed by atoms with E-state index in [1.807, 2.05) is 0 Å². The van der Waals surface area contributed by atoms with Gasteiger partial charge < -0.3 is 10.1 Å². The molecule has 0 saturated carbocycles. The van der Waals surface area contributed by atoms with Crippen LogP contribution in [0.25, 0.3) is 11.1 Å². The Kier molecular flexibility index (Phi) is 5.14. The van der Waals surface area contributed by atoms with Gasteiger partial charge in [0.25, 0.3) is 0 Å². The molecule has 25 heavy (non-hydrogen) atoms. The Labute approximate surface area is 153 Å². The molecule has 0 aliphatic carbocycles. The lowest BCUT2D eigenvalue weighted by molar-refractivity contribution is 0.277. The van der Waals surface area contributed by atoms with Gasteiger partial charge in [-0.25, -0.2) is 0 Å². The van der Waals surface area contributed by atoms with Crippen molar-refractivity contribution in [2.75, 3.05) is 13.2 Å². The van der Waals surface area contributed by atoms with E-state index in [4.69, 9.17) is 4.74 Å². The molecule has 0 radical (unpaired) electrons. The highest BCUT2D eigenvalue weighted by Gasteiger charge is 2.14. The van der Waals surface area contributed by atoms with Crippen molar-refractivity contribution in [3.05, 3.63) is 76.5 Å². The molecule has 0 bridgehead atoms. The normalized spacial score (nSPS) is 16.9. The van der Waals surface area contributed by atoms with Crippen molar-refractivity contribution in [3.8, 4) is 16.9 Å². The van der Waals surface area contributed by atoms with Gasteiger partial charge in [-0.3, -0.25) is 0 Å². The first-order valence-corrected chi connectivity index (χ1v) is 9.88. The third kappa shape index (κ3) is 4.30. The molecule has 0 unspecified atom stereocenters. The zero-order valence-corrected chi connectivity index (χ0v) is 15.1. The van der Waals surface area contributed by atoms with Gasteiger partial charge in [0.05, 0.1) is 0 Å². The number of ether oxygens (including phenoxy) is 1. The molecule has 3 aromatic rings. The number of benzene rings is 2. The minimum atomic E-state index is 0.515. The van der Waals surface area contributed by atoms with Crippen LogP contribution in [-0.2, 0) is 6.42 Å². The van der Waals surface area contributed by atoms with Gasteiger partial charge in [-0.05, 0) is 77.0 Å². The van der Waals surface area contributed by atoms with E-state index < -0.39 is 0 Å². The molecule has 1 N–H and O–H groups in total. The second-order valence-corrected chi connectivity index (χ2v) is 7.41. The molecular weight excluding hydrogens is 326 g/mol. The van der Waals surface area contributed by atoms with Gasteiger partial charge in [0.1, 0.15) is 12.4 Å². The Morgan fingerprint density at radius 1 is 0.920 bits per heavy atom. The fraction of sp³-hybridized carbons (Fsp3) is 0.273. The summed E-state index contributed by atoms with van der Waals surface area (Å²) in [5.74, 6) is 0.963. The summed E-state index contributed by atoms with van der Waals surface area (Å²) in [6.07, 6.45) is 3.44. The SMILES string of the molecule is c1cc(-c2ccc(Cc3ccc(OC[C@H]4CCCN4)cc3)cc2)cs1. The predicted octanol–water partition coefficient (Wildman–Crippen LogP) is 5.14. The van der Waals surface area contributed by atoms with E-state index in [1.54, 1.807) is 11.3 Å². The van der Waals surface area contributed by atoms with E-state index in [0.717, 1.165) is 25.3 Å². The summed E-state index contributed by atoms with van der Waals surface area (Å²) >= 11 is 1.74. The van der Waals surface area contributed by atoms with Crippen molar-refractivity contribution < 1.29 is 4.74 Å². The molecule has 2 nitrogen and oxygen atoms in total. The van der Waals surface area contributed by atoms with Crippen molar-refractivity contribution in [3.63, 3.8) is 0 Å². The maximum Gasteiger partial charge on any atom is 0.119 e. The number of nitrogens with one attached hydrogen (secondary N) is 1. The standard InChI is InChI=1S/C22H23NOS/c1-2-21(23-12-1)15-24-22-9-5-18(6-10-22)14-17-3-7-19(8-4-17)20-11-13-25-16-20/h3-11,13,16,21,23H,1-2,12,14-15H2/t21-/m1/s1. The van der Waals surface area contributed by atoms with Crippen LogP contribution < -0.4 is 10.1 Å². The van der Waals surface area contributed by atoms with E-state index in [2.05, 4.69) is 70.7 Å². The zero-order valence-electron chi connectivity index (χ0n) is 14.3. The van der Waals surface area contributed by atoms with Crippen LogP contribution in [-0.4, -0.2) is 19.2 Å². The van der Waals surface area contributed by atoms with E-state index >= 15 is 0 Å². The van der Waals surface area contributed by atoms with Crippen LogP contribution in [0.1, 0.15) is 24.0 Å². The Hall–Kier alpha value is -2.10. The van der Waals surface area contributed by atoms with Crippen LogP contribution in [0.4, 0.5) is 0 Å². The van der Waals surface area contributed by atoms with Crippen LogP contribution in [0.15, 0.2) is 65.4 Å². The molecule has 0 amide bonds. The smallest absolute Gasteiger partial charge is 0.119 e. The van der Waals surface area contributed by atoms with Crippen LogP contribution in [0.5, 0.6) is 5.75 Å². The van der Waals surface area contributed by atoms with E-state index in [9.17, 15) is 0 Å². The Morgan fingerprint density at radius 3 is 2.32 bits per heavy atom. The highest BCUT2D eigenvalue weighted by Crippen LogP contribution is 2.23. The number of hydrogen-bond acceptors (Lipinski definition) is 3. The van der Waals surface area contributed by atoms with Crippen LogP contribution in [0.3, 0.4) is 0 Å². The van der Waals surface area contributed by atoms with E-state index in [1.165, 1.54) is 35.1 Å². The first kappa shape index (κ1) is 16.4. The molecule has 1 saturated heterocycles. The predicted molar refractivity (Wildman–Crippen MR) is 106 cm³/mol. The molecule has 4 rings (SSSR count). The maximum absolute atomic E-state index is 5.89. The topological polar surface area (TPSA) is 21.3 Å². The summed E-state index contributed by atoms with van der Waals surface area (Å²) < 4.78 is 5.89. The quantitative estimate of drug-likeness (QED) is 0.665. The summed E-state index contributed by atoms with van der Waals surface area (Å²) in [6, 6.07) is 20.1. The summed E-state index contributed by atoms with van der Waals surface area (Å²) in [5, 5.41) is 7.77. The molecule has 0 spiro atoms. The monoisotopic (exact) mass is 349 g/mol. The molecule has 1 aromatic heterocycles. The van der Waals surface area contributed by atoms with Crippen LogP contribution in [0, 0.1) is 0 Å². The van der Waals surface area contributed by atoms with Gasteiger partial charge in [0.2, 0.25) is 0 Å². The van der Waals surface area contributed by atoms with Crippen molar-refractivity contribution in [1.82, 2.24) is 5.32 Å². The van der Waals surface area contributed by atoms with Crippen molar-refractivity contribution in [2.45, 2.75) is 25.3 Å². The summed E-state index contributed by atoms with van der Waals surface area (Å²) in [5.41, 5.74) is 5.24. The largest absolute Gasteiger partial charge is 0.492 e. The van der Waals surface area contributed by atoms with Gasteiger partial charge in [0, 0.05) is 6.04 Å². The fourth-order valence-corrected chi connectivity index (χ4v) is 3.94. The second-order valence-electron chi connectivity index (χ2n) is 6.63. The van der Waals surface area contributed by atoms with E-state index in [0.29, 0.717) is 6.04 Å². The van der Waals surface area contributed by atoms with Gasteiger partial charge in [-0.2, -0.15) is 11.3 Å². The Morgan fingerprint density at radius 2 is 1.68 bits per heavy atom. The lowest BCUT2D eigenvalue weighted by atomic mass is 10.0. The van der Waals surface area contributed by atoms with Crippen LogP contribution in [0.2, 0.25) is 0 Å². The third-order valence-electron chi connectivity index (χ3n) is 4.75. The van der Waals surface area contributed by atoms with Gasteiger partial charge in [-0.1, -0.05) is 36.4 Å². The van der Waals surface area contributed by atoms with Gasteiger partial charge in [-0.15, -0.1) is 0 Å². The average Bonchev–Trinajstić information content (AvgIpc) is 3.36. The molecule has 1 atom stereocenters. The van der Waals surface area contributed by atoms with Gasteiger partial charge in [0.15, 0.2) is 0 Å². The Balaban J connectivity index is 1.34. The minimum absolute atomic E-state index is 0.515. The molecule has 2 heterocycles. The van der Waals surface area contributed by atoms with Crippen molar-refractivity contribution in [1.29, 1.82) is 0 Å². The summed E-state index contributed by atoms with van der Waals surface area (Å²) in [6.45, 7) is 1.89. The molecule has 1 aliphatic rings. The van der Waals surface area contributed by atoms with Crippen molar-refractivity contribution in [2.24, 2.45) is 0 Å². The number of hydrogen-bond donors (Lipinski definition) is 1. The molecule has 1 fully saturated rings. The lowest BCUT2D eigenvalue weighted by Gasteiger charge is -2.12. The lowest BCUT2D eigenvalue weighted by Crippen LogP contribution is -2.28. The Bertz CT molecular complexity index is 772. The molecule has 128 valence electrons. The first-order chi connectivity index (χ1) is 12.4. The highest BCUT2D eigenvalue weighted by atomic mass is 32.1. The number of thiophene rings is 1. The fourth-order valence-electron chi connectivity index (χ4n) is 3.28. The second kappa shape index (κ2) is 7.85. The summed E-state index contributed by atoms with van der Waals surface area (Å²) in [7, 11) is 0. The van der Waals surface area contributed by atoms with Crippen molar-refractivity contribution >= 4 is 11.3 Å². The first-order valence-electron chi connectivity index (χ1n) is 8.93. The minimum Gasteiger partial charge on any atom is -0.492 e.